The van der Waals surface area contributed by atoms with Gasteiger partial charge in [0, 0.05) is 6.54 Å². The van der Waals surface area contributed by atoms with Crippen LogP contribution in [0.25, 0.3) is 0 Å². The number of thiazole rings is 1. The second-order valence-corrected chi connectivity index (χ2v) is 6.03. The average Bonchev–Trinajstić information content (AvgIpc) is 2.77. The van der Waals surface area contributed by atoms with Crippen LogP contribution in [0.4, 0.5) is 4.79 Å². The number of hydrogen-bond donors (Lipinski definition) is 3. The van der Waals surface area contributed by atoms with Crippen LogP contribution in [0.1, 0.15) is 33.2 Å². The number of amides is 2. The fraction of sp³-hybridized carbons (Fsp3) is 0.615. The number of hydrogen-bond acceptors (Lipinski definition) is 5. The summed E-state index contributed by atoms with van der Waals surface area (Å²) in [6, 6.07) is -0.260. The Labute approximate surface area is 128 Å². The number of rotatable bonds is 8. The van der Waals surface area contributed by atoms with Crippen molar-refractivity contribution in [1.82, 2.24) is 20.5 Å². The number of urea groups is 1. The smallest absolute Gasteiger partial charge is 0.347 e. The van der Waals surface area contributed by atoms with Crippen LogP contribution in [0, 0.1) is 6.92 Å². The monoisotopic (exact) mass is 314 g/mol. The van der Waals surface area contributed by atoms with E-state index in [0.717, 1.165) is 30.7 Å². The molecule has 118 valence electrons. The Morgan fingerprint density at radius 2 is 2.00 bits per heavy atom. The molecule has 0 spiro atoms. The Kier molecular flexibility index (Phi) is 7.10. The zero-order valence-corrected chi connectivity index (χ0v) is 13.4. The van der Waals surface area contributed by atoms with Crippen LogP contribution >= 0.6 is 11.3 Å². The fourth-order valence-electron chi connectivity index (χ4n) is 1.70. The van der Waals surface area contributed by atoms with Crippen LogP contribution in [0.2, 0.25) is 0 Å². The lowest BCUT2D eigenvalue weighted by Gasteiger charge is -2.09. The van der Waals surface area contributed by atoms with E-state index in [1.807, 2.05) is 14.1 Å². The van der Waals surface area contributed by atoms with Gasteiger partial charge in [-0.1, -0.05) is 0 Å². The predicted octanol–water partition coefficient (Wildman–Crippen LogP) is 1.29. The lowest BCUT2D eigenvalue weighted by Crippen LogP contribution is -2.35. The molecule has 0 aliphatic heterocycles. The Balaban J connectivity index is 2.24. The van der Waals surface area contributed by atoms with Gasteiger partial charge < -0.3 is 20.6 Å². The highest BCUT2D eigenvalue weighted by Crippen LogP contribution is 2.17. The van der Waals surface area contributed by atoms with Gasteiger partial charge >= 0.3 is 12.0 Å². The number of aryl methyl sites for hydroxylation is 1. The molecule has 0 saturated carbocycles. The molecule has 0 fully saturated rings. The van der Waals surface area contributed by atoms with Gasteiger partial charge in [-0.25, -0.2) is 14.6 Å². The summed E-state index contributed by atoms with van der Waals surface area (Å²) < 4.78 is 0. The first kappa shape index (κ1) is 17.4. The van der Waals surface area contributed by atoms with Crippen molar-refractivity contribution in [1.29, 1.82) is 0 Å². The summed E-state index contributed by atoms with van der Waals surface area (Å²) >= 11 is 1.09. The van der Waals surface area contributed by atoms with Gasteiger partial charge in [0.15, 0.2) is 0 Å². The molecular weight excluding hydrogens is 292 g/mol. The Morgan fingerprint density at radius 1 is 1.29 bits per heavy atom. The van der Waals surface area contributed by atoms with Crippen molar-refractivity contribution in [3.05, 3.63) is 15.6 Å². The highest BCUT2D eigenvalue weighted by atomic mass is 32.1. The Bertz CT molecular complexity index is 488. The summed E-state index contributed by atoms with van der Waals surface area (Å²) in [5.74, 6) is -0.985. The van der Waals surface area contributed by atoms with E-state index in [2.05, 4.69) is 20.5 Å². The topological polar surface area (TPSA) is 94.6 Å². The zero-order valence-electron chi connectivity index (χ0n) is 12.6. The van der Waals surface area contributed by atoms with E-state index < -0.39 is 5.97 Å². The third kappa shape index (κ3) is 6.54. The van der Waals surface area contributed by atoms with Gasteiger partial charge in [0.05, 0.1) is 12.2 Å². The van der Waals surface area contributed by atoms with Crippen molar-refractivity contribution in [2.75, 3.05) is 27.2 Å². The van der Waals surface area contributed by atoms with Crippen molar-refractivity contribution < 1.29 is 14.7 Å². The number of carboxylic acids is 1. The van der Waals surface area contributed by atoms with Gasteiger partial charge in [-0.3, -0.25) is 0 Å². The number of carboxylic acid groups (broad SMARTS) is 1. The highest BCUT2D eigenvalue weighted by Gasteiger charge is 2.14. The van der Waals surface area contributed by atoms with Crippen molar-refractivity contribution in [3.8, 4) is 0 Å². The van der Waals surface area contributed by atoms with E-state index in [1.54, 1.807) is 6.92 Å². The minimum absolute atomic E-state index is 0.218. The van der Waals surface area contributed by atoms with Crippen LogP contribution in [-0.2, 0) is 6.54 Å². The molecule has 0 bridgehead atoms. The number of aromatic carboxylic acids is 1. The second-order valence-electron chi connectivity index (χ2n) is 4.95. The number of aromatic nitrogens is 1. The van der Waals surface area contributed by atoms with Crippen LogP contribution in [0.5, 0.6) is 0 Å². The molecule has 0 radical (unpaired) electrons. The normalized spacial score (nSPS) is 10.7. The summed E-state index contributed by atoms with van der Waals surface area (Å²) in [6.07, 6.45) is 1.95. The Hall–Kier alpha value is -1.67. The average molecular weight is 314 g/mol. The SMILES string of the molecule is Cc1nc(CNC(=O)NCCCCN(C)C)sc1C(=O)O. The third-order valence-corrected chi connectivity index (χ3v) is 3.90. The number of nitrogens with one attached hydrogen (secondary N) is 2. The number of carbonyl (C=O) groups is 2. The highest BCUT2D eigenvalue weighted by molar-refractivity contribution is 7.13. The van der Waals surface area contributed by atoms with Crippen LogP contribution in [-0.4, -0.2) is 54.2 Å². The maximum atomic E-state index is 11.6. The molecule has 0 aromatic carbocycles. The molecule has 0 saturated heterocycles. The Morgan fingerprint density at radius 3 is 2.57 bits per heavy atom. The van der Waals surface area contributed by atoms with Crippen molar-refractivity contribution in [2.45, 2.75) is 26.3 Å². The molecule has 7 nitrogen and oxygen atoms in total. The van der Waals surface area contributed by atoms with Gasteiger partial charge in [0.1, 0.15) is 9.88 Å². The van der Waals surface area contributed by atoms with Crippen LogP contribution in [0.3, 0.4) is 0 Å². The number of carbonyl (C=O) groups excluding carboxylic acids is 1. The summed E-state index contributed by atoms with van der Waals surface area (Å²) in [4.78, 5) is 28.9. The van der Waals surface area contributed by atoms with Gasteiger partial charge in [-0.15, -0.1) is 11.3 Å². The first-order valence-electron chi connectivity index (χ1n) is 6.76. The molecule has 1 aromatic rings. The molecule has 1 rings (SSSR count). The summed E-state index contributed by atoms with van der Waals surface area (Å²) in [7, 11) is 4.03. The van der Waals surface area contributed by atoms with Gasteiger partial charge in [-0.05, 0) is 40.4 Å². The number of unbranched alkanes of at least 4 members (excludes halogenated alkanes) is 1. The van der Waals surface area contributed by atoms with Gasteiger partial charge in [-0.2, -0.15) is 0 Å². The quantitative estimate of drug-likeness (QED) is 0.629. The third-order valence-electron chi connectivity index (χ3n) is 2.75. The lowest BCUT2D eigenvalue weighted by atomic mass is 10.3. The van der Waals surface area contributed by atoms with Crippen molar-refractivity contribution in [2.24, 2.45) is 0 Å². The summed E-state index contributed by atoms with van der Waals surface area (Å²) in [6.45, 7) is 3.51. The van der Waals surface area contributed by atoms with E-state index in [4.69, 9.17) is 5.11 Å². The van der Waals surface area contributed by atoms with Crippen LogP contribution in [0.15, 0.2) is 0 Å². The number of nitrogens with zero attached hydrogens (tertiary/aromatic N) is 2. The molecule has 0 aliphatic rings. The predicted molar refractivity (Wildman–Crippen MR) is 81.8 cm³/mol. The maximum Gasteiger partial charge on any atom is 0.347 e. The molecule has 3 N–H and O–H groups in total. The van der Waals surface area contributed by atoms with E-state index in [0.29, 0.717) is 17.2 Å². The molecule has 0 aliphatic carbocycles. The van der Waals surface area contributed by atoms with E-state index in [9.17, 15) is 9.59 Å². The fourth-order valence-corrected chi connectivity index (χ4v) is 2.54. The molecule has 21 heavy (non-hydrogen) atoms. The minimum Gasteiger partial charge on any atom is -0.477 e. The minimum atomic E-state index is -0.985. The van der Waals surface area contributed by atoms with E-state index in [1.165, 1.54) is 0 Å². The van der Waals surface area contributed by atoms with Crippen molar-refractivity contribution >= 4 is 23.3 Å². The van der Waals surface area contributed by atoms with E-state index in [-0.39, 0.29) is 17.5 Å². The maximum absolute atomic E-state index is 11.6. The standard InChI is InChI=1S/C13H22N4O3S/c1-9-11(12(18)19)21-10(16-9)8-15-13(20)14-6-4-5-7-17(2)3/h4-8H2,1-3H3,(H,18,19)(H2,14,15,20). The first-order valence-corrected chi connectivity index (χ1v) is 7.58. The molecular formula is C13H22N4O3S. The van der Waals surface area contributed by atoms with Gasteiger partial charge in [0.25, 0.3) is 0 Å². The van der Waals surface area contributed by atoms with Crippen molar-refractivity contribution in [3.63, 3.8) is 0 Å². The molecule has 1 aromatic heterocycles. The largest absolute Gasteiger partial charge is 0.477 e. The van der Waals surface area contributed by atoms with Gasteiger partial charge in [0.2, 0.25) is 0 Å². The zero-order chi connectivity index (χ0) is 15.8. The molecule has 2 amide bonds. The molecule has 8 heteroatoms. The van der Waals surface area contributed by atoms with Crippen LogP contribution < -0.4 is 10.6 Å². The van der Waals surface area contributed by atoms with E-state index >= 15 is 0 Å². The molecule has 0 atom stereocenters. The lowest BCUT2D eigenvalue weighted by molar-refractivity contribution is 0.0701. The molecule has 0 unspecified atom stereocenters. The molecule has 1 heterocycles. The first-order chi connectivity index (χ1) is 9.90. The summed E-state index contributed by atoms with van der Waals surface area (Å²) in [5.41, 5.74) is 0.480. The second kappa shape index (κ2) is 8.58. The summed E-state index contributed by atoms with van der Waals surface area (Å²) in [5, 5.41) is 15.0.